The molecule has 1 unspecified atom stereocenters. The number of benzene rings is 2. The zero-order chi connectivity index (χ0) is 13.1. The van der Waals surface area contributed by atoms with E-state index in [0.29, 0.717) is 11.1 Å². The van der Waals surface area contributed by atoms with Crippen molar-refractivity contribution in [3.8, 4) is 11.1 Å². The summed E-state index contributed by atoms with van der Waals surface area (Å²) in [6.45, 7) is 1.67. The molecule has 0 aliphatic rings. The lowest BCUT2D eigenvalue weighted by molar-refractivity contribution is 0.272. The van der Waals surface area contributed by atoms with E-state index in [-0.39, 0.29) is 18.1 Å². The van der Waals surface area contributed by atoms with Gasteiger partial charge in [0, 0.05) is 18.1 Å². The van der Waals surface area contributed by atoms with Crippen LogP contribution in [0.2, 0.25) is 0 Å². The van der Waals surface area contributed by atoms with Gasteiger partial charge in [0.25, 0.3) is 0 Å². The van der Waals surface area contributed by atoms with Crippen molar-refractivity contribution >= 4 is 0 Å². The van der Waals surface area contributed by atoms with Crippen LogP contribution in [0.25, 0.3) is 11.1 Å². The molecule has 0 aliphatic carbocycles. The van der Waals surface area contributed by atoms with Crippen LogP contribution in [-0.4, -0.2) is 11.7 Å². The van der Waals surface area contributed by atoms with E-state index >= 15 is 0 Å². The van der Waals surface area contributed by atoms with Gasteiger partial charge in [-0.05, 0) is 23.3 Å². The molecule has 0 saturated carbocycles. The van der Waals surface area contributed by atoms with Gasteiger partial charge in [0.05, 0.1) is 0 Å². The summed E-state index contributed by atoms with van der Waals surface area (Å²) in [5.74, 6) is -1.95. The topological polar surface area (TPSA) is 20.2 Å². The van der Waals surface area contributed by atoms with Crippen LogP contribution in [0.1, 0.15) is 18.4 Å². The van der Waals surface area contributed by atoms with Crippen molar-refractivity contribution in [1.82, 2.24) is 0 Å². The fourth-order valence-corrected chi connectivity index (χ4v) is 1.83. The van der Waals surface area contributed by atoms with Crippen LogP contribution in [0, 0.1) is 11.6 Å². The van der Waals surface area contributed by atoms with E-state index in [0.717, 1.165) is 6.07 Å². The van der Waals surface area contributed by atoms with Gasteiger partial charge in [-0.3, -0.25) is 0 Å². The predicted octanol–water partition coefficient (Wildman–Crippen LogP) is 3.73. The summed E-state index contributed by atoms with van der Waals surface area (Å²) in [6, 6.07) is 11.6. The summed E-state index contributed by atoms with van der Waals surface area (Å²) < 4.78 is 27.4. The largest absolute Gasteiger partial charge is 0.396 e. The normalized spacial score (nSPS) is 12.4. The van der Waals surface area contributed by atoms with Crippen molar-refractivity contribution in [2.45, 2.75) is 12.8 Å². The molecule has 3 heteroatoms. The average molecular weight is 248 g/mol. The molecule has 0 spiro atoms. The van der Waals surface area contributed by atoms with E-state index in [1.54, 1.807) is 37.3 Å². The lowest BCUT2D eigenvalue weighted by Crippen LogP contribution is -2.02. The Bertz CT molecular complexity index is 538. The Morgan fingerprint density at radius 1 is 1.11 bits per heavy atom. The van der Waals surface area contributed by atoms with Crippen molar-refractivity contribution in [2.75, 3.05) is 6.61 Å². The number of aliphatic hydroxyl groups excluding tert-OH is 1. The monoisotopic (exact) mass is 248 g/mol. The highest BCUT2D eigenvalue weighted by Gasteiger charge is 2.15. The predicted molar refractivity (Wildman–Crippen MR) is 67.3 cm³/mol. The molecule has 0 radical (unpaired) electrons. The summed E-state index contributed by atoms with van der Waals surface area (Å²) in [5, 5.41) is 9.09. The first-order valence-electron chi connectivity index (χ1n) is 5.78. The first-order chi connectivity index (χ1) is 8.63. The third-order valence-electron chi connectivity index (χ3n) is 2.98. The van der Waals surface area contributed by atoms with Crippen molar-refractivity contribution in [3.05, 3.63) is 59.7 Å². The van der Waals surface area contributed by atoms with Crippen LogP contribution in [0.4, 0.5) is 8.78 Å². The lowest BCUT2D eigenvalue weighted by Gasteiger charge is -2.12. The van der Waals surface area contributed by atoms with Crippen LogP contribution < -0.4 is 0 Å². The molecule has 2 aromatic carbocycles. The van der Waals surface area contributed by atoms with Gasteiger partial charge in [0.1, 0.15) is 0 Å². The van der Waals surface area contributed by atoms with Crippen LogP contribution in [-0.2, 0) is 0 Å². The van der Waals surface area contributed by atoms with Crippen LogP contribution >= 0.6 is 0 Å². The molecule has 0 amide bonds. The summed E-state index contributed by atoms with van der Waals surface area (Å²) in [4.78, 5) is 0. The highest BCUT2D eigenvalue weighted by Crippen LogP contribution is 2.28. The average Bonchev–Trinajstić information content (AvgIpc) is 2.41. The second kappa shape index (κ2) is 5.27. The summed E-state index contributed by atoms with van der Waals surface area (Å²) in [6.07, 6.45) is 0. The molecule has 0 bridgehead atoms. The van der Waals surface area contributed by atoms with Gasteiger partial charge in [0.2, 0.25) is 0 Å². The molecule has 94 valence electrons. The van der Waals surface area contributed by atoms with E-state index in [9.17, 15) is 8.78 Å². The van der Waals surface area contributed by atoms with Gasteiger partial charge in [-0.2, -0.15) is 0 Å². The SMILES string of the molecule is CC(CO)c1cc(F)c(F)c(-c2ccccc2)c1. The summed E-state index contributed by atoms with van der Waals surface area (Å²) >= 11 is 0. The van der Waals surface area contributed by atoms with Crippen molar-refractivity contribution in [1.29, 1.82) is 0 Å². The van der Waals surface area contributed by atoms with Crippen molar-refractivity contribution in [3.63, 3.8) is 0 Å². The van der Waals surface area contributed by atoms with E-state index in [2.05, 4.69) is 0 Å². The maximum absolute atomic E-state index is 13.8. The molecular weight excluding hydrogens is 234 g/mol. The molecular formula is C15H14F2O. The van der Waals surface area contributed by atoms with Crippen LogP contribution in [0.5, 0.6) is 0 Å². The second-order valence-electron chi connectivity index (χ2n) is 4.31. The van der Waals surface area contributed by atoms with Gasteiger partial charge in [-0.15, -0.1) is 0 Å². The highest BCUT2D eigenvalue weighted by molar-refractivity contribution is 5.65. The van der Waals surface area contributed by atoms with Gasteiger partial charge < -0.3 is 5.11 Å². The first-order valence-corrected chi connectivity index (χ1v) is 5.78. The Kier molecular flexibility index (Phi) is 3.72. The minimum Gasteiger partial charge on any atom is -0.396 e. The van der Waals surface area contributed by atoms with Gasteiger partial charge in [0.15, 0.2) is 11.6 Å². The maximum Gasteiger partial charge on any atom is 0.166 e. The van der Waals surface area contributed by atoms with Crippen molar-refractivity contribution < 1.29 is 13.9 Å². The van der Waals surface area contributed by atoms with Gasteiger partial charge in [-0.1, -0.05) is 37.3 Å². The lowest BCUT2D eigenvalue weighted by atomic mass is 9.96. The Morgan fingerprint density at radius 3 is 2.39 bits per heavy atom. The van der Waals surface area contributed by atoms with E-state index in [1.807, 2.05) is 6.07 Å². The van der Waals surface area contributed by atoms with Crippen molar-refractivity contribution in [2.24, 2.45) is 0 Å². The molecule has 2 rings (SSSR count). The molecule has 0 fully saturated rings. The summed E-state index contributed by atoms with van der Waals surface area (Å²) in [7, 11) is 0. The molecule has 1 N–H and O–H groups in total. The standard InChI is InChI=1S/C15H14F2O/c1-10(9-18)12-7-13(15(17)14(16)8-12)11-5-3-2-4-6-11/h2-8,10,18H,9H2,1H3. The Labute approximate surface area is 105 Å². The molecule has 0 aromatic heterocycles. The Morgan fingerprint density at radius 2 is 1.78 bits per heavy atom. The zero-order valence-corrected chi connectivity index (χ0v) is 10.0. The first kappa shape index (κ1) is 12.7. The third kappa shape index (κ3) is 2.41. The summed E-state index contributed by atoms with van der Waals surface area (Å²) in [5.41, 5.74) is 1.45. The fraction of sp³-hybridized carbons (Fsp3) is 0.200. The number of halogens is 2. The molecule has 18 heavy (non-hydrogen) atoms. The van der Waals surface area contributed by atoms with E-state index in [1.165, 1.54) is 0 Å². The Balaban J connectivity index is 2.56. The van der Waals surface area contributed by atoms with E-state index < -0.39 is 11.6 Å². The van der Waals surface area contributed by atoms with Gasteiger partial charge in [-0.25, -0.2) is 8.78 Å². The third-order valence-corrected chi connectivity index (χ3v) is 2.98. The quantitative estimate of drug-likeness (QED) is 0.877. The number of hydrogen-bond donors (Lipinski definition) is 1. The minimum atomic E-state index is -0.883. The Hall–Kier alpha value is -1.74. The smallest absolute Gasteiger partial charge is 0.166 e. The maximum atomic E-state index is 13.8. The molecule has 0 heterocycles. The second-order valence-corrected chi connectivity index (χ2v) is 4.31. The molecule has 2 aromatic rings. The fourth-order valence-electron chi connectivity index (χ4n) is 1.83. The minimum absolute atomic E-state index is 0.0979. The number of hydrogen-bond acceptors (Lipinski definition) is 1. The van der Waals surface area contributed by atoms with E-state index in [4.69, 9.17) is 5.11 Å². The zero-order valence-electron chi connectivity index (χ0n) is 10.0. The molecule has 1 nitrogen and oxygen atoms in total. The molecule has 0 aliphatic heterocycles. The number of aliphatic hydroxyl groups is 1. The highest BCUT2D eigenvalue weighted by atomic mass is 19.2. The van der Waals surface area contributed by atoms with Crippen LogP contribution in [0.3, 0.4) is 0 Å². The van der Waals surface area contributed by atoms with Gasteiger partial charge >= 0.3 is 0 Å². The number of rotatable bonds is 3. The molecule has 1 atom stereocenters. The van der Waals surface area contributed by atoms with Crippen LogP contribution in [0.15, 0.2) is 42.5 Å². The molecule has 0 saturated heterocycles.